The molecule has 0 radical (unpaired) electrons. The molecule has 3 rings (SSSR count). The average molecular weight is 334 g/mol. The largest absolute Gasteiger partial charge is 0.497 e. The second kappa shape index (κ2) is 8.02. The van der Waals surface area contributed by atoms with Crippen molar-refractivity contribution in [1.29, 1.82) is 0 Å². The Hall–Kier alpha value is -3.27. The first-order chi connectivity index (χ1) is 12.3. The number of para-hydroxylation sites is 2. The Balaban J connectivity index is 1.69. The van der Waals surface area contributed by atoms with Crippen LogP contribution >= 0.6 is 0 Å². The fourth-order valence-corrected chi connectivity index (χ4v) is 2.31. The fourth-order valence-electron chi connectivity index (χ4n) is 2.31. The number of hydrogen-bond acceptors (Lipinski definition) is 4. The minimum atomic E-state index is -0.409. The van der Waals surface area contributed by atoms with Crippen LogP contribution in [0.4, 0.5) is 0 Å². The molecule has 0 aliphatic rings. The van der Waals surface area contributed by atoms with Gasteiger partial charge in [0.1, 0.15) is 23.9 Å². The van der Waals surface area contributed by atoms with Crippen LogP contribution in [0.25, 0.3) is 0 Å². The monoisotopic (exact) mass is 334 g/mol. The molecule has 0 aliphatic carbocycles. The Bertz CT molecular complexity index is 843. The summed E-state index contributed by atoms with van der Waals surface area (Å²) in [5.74, 6) is 1.59. The number of benzene rings is 3. The van der Waals surface area contributed by atoms with E-state index in [0.717, 1.165) is 11.3 Å². The topological polar surface area (TPSA) is 44.8 Å². The van der Waals surface area contributed by atoms with Gasteiger partial charge in [0.15, 0.2) is 0 Å². The van der Waals surface area contributed by atoms with Crippen molar-refractivity contribution < 1.29 is 19.0 Å². The molecule has 126 valence electrons. The number of carbonyl (C=O) groups is 1. The van der Waals surface area contributed by atoms with Crippen molar-refractivity contribution in [2.75, 3.05) is 7.11 Å². The SMILES string of the molecule is COc1cccc(C(=O)OCc2ccccc2Oc2ccccc2)c1. The maximum Gasteiger partial charge on any atom is 0.338 e. The van der Waals surface area contributed by atoms with Crippen LogP contribution in [-0.2, 0) is 11.3 Å². The van der Waals surface area contributed by atoms with Gasteiger partial charge in [-0.25, -0.2) is 4.79 Å². The van der Waals surface area contributed by atoms with Gasteiger partial charge in [0.25, 0.3) is 0 Å². The molecule has 0 heterocycles. The van der Waals surface area contributed by atoms with Crippen LogP contribution in [0.2, 0.25) is 0 Å². The van der Waals surface area contributed by atoms with E-state index in [4.69, 9.17) is 14.2 Å². The zero-order valence-electron chi connectivity index (χ0n) is 13.8. The van der Waals surface area contributed by atoms with Crippen molar-refractivity contribution in [3.8, 4) is 17.2 Å². The lowest BCUT2D eigenvalue weighted by atomic mass is 10.2. The standard InChI is InChI=1S/C21H18O4/c1-23-19-12-7-9-16(14-19)21(22)24-15-17-8-5-6-13-20(17)25-18-10-3-2-4-11-18/h2-14H,15H2,1H3. The Labute approximate surface area is 146 Å². The van der Waals surface area contributed by atoms with E-state index in [1.165, 1.54) is 0 Å². The first-order valence-corrected chi connectivity index (χ1v) is 7.88. The highest BCUT2D eigenvalue weighted by Crippen LogP contribution is 2.26. The van der Waals surface area contributed by atoms with Gasteiger partial charge in [-0.05, 0) is 36.4 Å². The van der Waals surface area contributed by atoms with Gasteiger partial charge in [0, 0.05) is 5.56 Å². The van der Waals surface area contributed by atoms with Gasteiger partial charge >= 0.3 is 5.97 Å². The van der Waals surface area contributed by atoms with Crippen molar-refractivity contribution in [3.05, 3.63) is 90.0 Å². The van der Waals surface area contributed by atoms with Crippen LogP contribution in [0.3, 0.4) is 0 Å². The van der Waals surface area contributed by atoms with E-state index in [1.807, 2.05) is 54.6 Å². The minimum absolute atomic E-state index is 0.124. The molecular weight excluding hydrogens is 316 g/mol. The molecule has 0 saturated heterocycles. The zero-order valence-corrected chi connectivity index (χ0v) is 13.8. The van der Waals surface area contributed by atoms with Crippen LogP contribution in [0.15, 0.2) is 78.9 Å². The average Bonchev–Trinajstić information content (AvgIpc) is 2.68. The highest BCUT2D eigenvalue weighted by Gasteiger charge is 2.11. The first kappa shape index (κ1) is 16.6. The lowest BCUT2D eigenvalue weighted by Crippen LogP contribution is -2.06. The van der Waals surface area contributed by atoms with Crippen molar-refractivity contribution in [1.82, 2.24) is 0 Å². The molecule has 0 amide bonds. The Morgan fingerprint density at radius 1 is 0.840 bits per heavy atom. The summed E-state index contributed by atoms with van der Waals surface area (Å²) in [7, 11) is 1.56. The van der Waals surface area contributed by atoms with E-state index in [0.29, 0.717) is 17.1 Å². The van der Waals surface area contributed by atoms with Crippen LogP contribution < -0.4 is 9.47 Å². The van der Waals surface area contributed by atoms with Gasteiger partial charge in [-0.15, -0.1) is 0 Å². The number of rotatable bonds is 6. The Morgan fingerprint density at radius 2 is 1.56 bits per heavy atom. The van der Waals surface area contributed by atoms with Crippen LogP contribution in [-0.4, -0.2) is 13.1 Å². The van der Waals surface area contributed by atoms with Crippen LogP contribution in [0.1, 0.15) is 15.9 Å². The van der Waals surface area contributed by atoms with Crippen molar-refractivity contribution in [3.63, 3.8) is 0 Å². The van der Waals surface area contributed by atoms with Crippen molar-refractivity contribution in [2.24, 2.45) is 0 Å². The van der Waals surface area contributed by atoms with Gasteiger partial charge < -0.3 is 14.2 Å². The van der Waals surface area contributed by atoms with E-state index >= 15 is 0 Å². The Kier molecular flexibility index (Phi) is 5.32. The molecular formula is C21H18O4. The number of esters is 1. The molecule has 25 heavy (non-hydrogen) atoms. The summed E-state index contributed by atoms with van der Waals surface area (Å²) in [6.45, 7) is 0.124. The fraction of sp³-hybridized carbons (Fsp3) is 0.0952. The van der Waals surface area contributed by atoms with E-state index in [9.17, 15) is 4.79 Å². The molecule has 0 saturated carbocycles. The molecule has 0 bridgehead atoms. The van der Waals surface area contributed by atoms with Gasteiger partial charge in [-0.2, -0.15) is 0 Å². The van der Waals surface area contributed by atoms with E-state index in [1.54, 1.807) is 31.4 Å². The van der Waals surface area contributed by atoms with Gasteiger partial charge in [0.05, 0.1) is 12.7 Å². The molecule has 0 atom stereocenters. The summed E-state index contributed by atoms with van der Waals surface area (Å²) in [5.41, 5.74) is 1.24. The van der Waals surface area contributed by atoms with E-state index in [-0.39, 0.29) is 6.61 Å². The molecule has 0 N–H and O–H groups in total. The third kappa shape index (κ3) is 4.38. The highest BCUT2D eigenvalue weighted by atomic mass is 16.5. The summed E-state index contributed by atoms with van der Waals surface area (Å²) >= 11 is 0. The molecule has 4 heteroatoms. The molecule has 0 unspecified atom stereocenters. The normalized spacial score (nSPS) is 10.1. The first-order valence-electron chi connectivity index (χ1n) is 7.88. The number of carbonyl (C=O) groups excluding carboxylic acids is 1. The molecule has 3 aromatic carbocycles. The quantitative estimate of drug-likeness (QED) is 0.605. The van der Waals surface area contributed by atoms with Crippen molar-refractivity contribution in [2.45, 2.75) is 6.61 Å². The molecule has 4 nitrogen and oxygen atoms in total. The molecule has 3 aromatic rings. The summed E-state index contributed by atoms with van der Waals surface area (Å²) < 4.78 is 16.4. The summed E-state index contributed by atoms with van der Waals surface area (Å²) in [6.07, 6.45) is 0. The smallest absolute Gasteiger partial charge is 0.338 e. The second-order valence-electron chi connectivity index (χ2n) is 5.33. The summed E-state index contributed by atoms with van der Waals surface area (Å²) in [5, 5.41) is 0. The predicted octanol–water partition coefficient (Wildman–Crippen LogP) is 4.84. The number of ether oxygens (including phenoxy) is 3. The van der Waals surface area contributed by atoms with E-state index < -0.39 is 5.97 Å². The van der Waals surface area contributed by atoms with E-state index in [2.05, 4.69) is 0 Å². The summed E-state index contributed by atoms with van der Waals surface area (Å²) in [4.78, 5) is 12.2. The van der Waals surface area contributed by atoms with Crippen molar-refractivity contribution >= 4 is 5.97 Å². The summed E-state index contributed by atoms with van der Waals surface area (Å²) in [6, 6.07) is 23.8. The van der Waals surface area contributed by atoms with Gasteiger partial charge in [-0.1, -0.05) is 42.5 Å². The third-order valence-corrected chi connectivity index (χ3v) is 3.61. The molecule has 0 aromatic heterocycles. The van der Waals surface area contributed by atoms with Crippen LogP contribution in [0.5, 0.6) is 17.2 Å². The maximum absolute atomic E-state index is 12.2. The molecule has 0 fully saturated rings. The lowest BCUT2D eigenvalue weighted by molar-refractivity contribution is 0.0470. The van der Waals surface area contributed by atoms with Gasteiger partial charge in [-0.3, -0.25) is 0 Å². The number of hydrogen-bond donors (Lipinski definition) is 0. The predicted molar refractivity (Wildman–Crippen MR) is 95.1 cm³/mol. The van der Waals surface area contributed by atoms with Crippen LogP contribution in [0, 0.1) is 0 Å². The maximum atomic E-state index is 12.2. The highest BCUT2D eigenvalue weighted by molar-refractivity contribution is 5.89. The second-order valence-corrected chi connectivity index (χ2v) is 5.33. The minimum Gasteiger partial charge on any atom is -0.497 e. The zero-order chi connectivity index (χ0) is 17.5. The lowest BCUT2D eigenvalue weighted by Gasteiger charge is -2.12. The number of methoxy groups -OCH3 is 1. The Morgan fingerprint density at radius 3 is 2.36 bits per heavy atom. The third-order valence-electron chi connectivity index (χ3n) is 3.61. The van der Waals surface area contributed by atoms with Gasteiger partial charge in [0.2, 0.25) is 0 Å². The molecule has 0 aliphatic heterocycles. The molecule has 0 spiro atoms.